The van der Waals surface area contributed by atoms with E-state index in [1.165, 1.54) is 283 Å². The molecule has 2 atom stereocenters. The molecule has 0 bridgehead atoms. The zero-order valence-corrected chi connectivity index (χ0v) is 51.0. The van der Waals surface area contributed by atoms with Gasteiger partial charge in [-0.2, -0.15) is 0 Å². The molecular weight excluding hydrogens is 935 g/mol. The van der Waals surface area contributed by atoms with Crippen molar-refractivity contribution in [3.63, 3.8) is 0 Å². The van der Waals surface area contributed by atoms with Crippen LogP contribution in [-0.2, 0) is 14.3 Å². The zero-order chi connectivity index (χ0) is 55.0. The van der Waals surface area contributed by atoms with Crippen LogP contribution in [0.3, 0.4) is 0 Å². The third-order valence-corrected chi connectivity index (χ3v) is 15.6. The maximum Gasteiger partial charge on any atom is 0.305 e. The average molecular weight is 1070 g/mol. The summed E-state index contributed by atoms with van der Waals surface area (Å²) in [5.74, 6) is -0.109. The molecule has 0 aromatic heterocycles. The minimum absolute atomic E-state index is 0.0385. The van der Waals surface area contributed by atoms with Gasteiger partial charge in [0, 0.05) is 12.8 Å². The van der Waals surface area contributed by atoms with Crippen LogP contribution in [0.1, 0.15) is 361 Å². The molecule has 0 rings (SSSR count). The number of carbonyl (C=O) groups is 2. The second kappa shape index (κ2) is 65.3. The summed E-state index contributed by atoms with van der Waals surface area (Å²) in [5, 5.41) is 23.2. The van der Waals surface area contributed by atoms with Crippen molar-refractivity contribution in [2.24, 2.45) is 0 Å². The van der Waals surface area contributed by atoms with E-state index < -0.39 is 12.1 Å². The zero-order valence-electron chi connectivity index (χ0n) is 51.0. The van der Waals surface area contributed by atoms with Crippen molar-refractivity contribution in [2.75, 3.05) is 13.2 Å². The number of allylic oxidation sites excluding steroid dienone is 6. The molecule has 0 heterocycles. The van der Waals surface area contributed by atoms with E-state index in [1.54, 1.807) is 6.08 Å². The first-order chi connectivity index (χ1) is 37.5. The number of ether oxygens (including phenoxy) is 1. The molecule has 0 aromatic carbocycles. The van der Waals surface area contributed by atoms with Crippen molar-refractivity contribution in [2.45, 2.75) is 373 Å². The van der Waals surface area contributed by atoms with Gasteiger partial charge in [-0.25, -0.2) is 0 Å². The predicted octanol–water partition coefficient (Wildman–Crippen LogP) is 21.7. The number of aliphatic hydroxyl groups excluding tert-OH is 2. The van der Waals surface area contributed by atoms with Gasteiger partial charge >= 0.3 is 5.97 Å². The number of carbonyl (C=O) groups excluding carboxylic acids is 2. The highest BCUT2D eigenvalue weighted by molar-refractivity contribution is 5.76. The topological polar surface area (TPSA) is 95.9 Å². The summed E-state index contributed by atoms with van der Waals surface area (Å²) in [7, 11) is 0. The molecule has 446 valence electrons. The van der Waals surface area contributed by atoms with Crippen LogP contribution in [0.4, 0.5) is 0 Å². The standard InChI is InChI=1S/C70H131NO5/c1-3-5-7-9-11-13-15-17-19-21-23-27-30-34-38-42-46-50-54-58-62-68(73)67(66-72)71-69(74)63-59-55-51-47-43-39-35-31-28-25-24-26-29-33-37-41-45-49-53-57-61-65-76-70(75)64-60-56-52-48-44-40-36-32-22-20-18-16-14-12-10-8-6-4-2/h20,22,41,45,53,57-58,62,67-68,72-73H,3-19,21,23-40,42-44,46-52,54-56,59-61,63-66H2,1-2H3,(H,71,74)/b22-20-,45-41-,57-53-,62-58+. The monoisotopic (exact) mass is 1070 g/mol. The van der Waals surface area contributed by atoms with Crippen LogP contribution >= 0.6 is 0 Å². The highest BCUT2D eigenvalue weighted by Crippen LogP contribution is 2.18. The fourth-order valence-electron chi connectivity index (χ4n) is 10.4. The summed E-state index contributed by atoms with van der Waals surface area (Å²) < 4.78 is 5.43. The Morgan fingerprint density at radius 1 is 0.368 bits per heavy atom. The van der Waals surface area contributed by atoms with Gasteiger partial charge in [-0.3, -0.25) is 9.59 Å². The molecule has 76 heavy (non-hydrogen) atoms. The molecular formula is C70H131NO5. The van der Waals surface area contributed by atoms with Gasteiger partial charge in [0.2, 0.25) is 5.91 Å². The minimum Gasteiger partial charge on any atom is -0.465 e. The SMILES string of the molecule is CCCCCCCCC/C=C\CCCCCCCCCC(=O)OCC/C=C\C/C=C\CCCCCCCCCCCCCCCCC(=O)NC(CO)C(O)/C=C/CCCCCCCCCCCCCCCCCCCC. The Morgan fingerprint density at radius 2 is 0.658 bits per heavy atom. The predicted molar refractivity (Wildman–Crippen MR) is 333 cm³/mol. The summed E-state index contributed by atoms with van der Waals surface area (Å²) in [4.78, 5) is 24.6. The number of hydrogen-bond donors (Lipinski definition) is 3. The van der Waals surface area contributed by atoms with E-state index in [2.05, 4.69) is 55.6 Å². The van der Waals surface area contributed by atoms with E-state index in [0.717, 1.165) is 51.4 Å². The minimum atomic E-state index is -0.850. The normalized spacial score (nSPS) is 12.8. The van der Waals surface area contributed by atoms with Crippen LogP contribution in [0.5, 0.6) is 0 Å². The van der Waals surface area contributed by atoms with Crippen LogP contribution < -0.4 is 5.32 Å². The van der Waals surface area contributed by atoms with Crippen LogP contribution in [0.2, 0.25) is 0 Å². The fraction of sp³-hybridized carbons (Fsp3) is 0.857. The van der Waals surface area contributed by atoms with Gasteiger partial charge in [-0.15, -0.1) is 0 Å². The highest BCUT2D eigenvalue weighted by Gasteiger charge is 2.18. The van der Waals surface area contributed by atoms with E-state index in [0.29, 0.717) is 19.4 Å². The Balaban J connectivity index is 3.47. The van der Waals surface area contributed by atoms with Crippen LogP contribution in [-0.4, -0.2) is 47.4 Å². The van der Waals surface area contributed by atoms with Gasteiger partial charge in [-0.05, 0) is 77.0 Å². The summed E-state index contributed by atoms with van der Waals surface area (Å²) in [5.41, 5.74) is 0. The molecule has 0 aliphatic rings. The number of unbranched alkanes of at least 4 members (excludes halogenated alkanes) is 46. The molecule has 1 amide bonds. The number of esters is 1. The number of hydrogen-bond acceptors (Lipinski definition) is 5. The molecule has 0 aromatic rings. The molecule has 0 aliphatic carbocycles. The molecule has 0 aliphatic heterocycles. The molecule has 3 N–H and O–H groups in total. The fourth-order valence-corrected chi connectivity index (χ4v) is 10.4. The van der Waals surface area contributed by atoms with Crippen molar-refractivity contribution in [1.82, 2.24) is 5.32 Å². The maximum atomic E-state index is 12.5. The van der Waals surface area contributed by atoms with E-state index in [1.807, 2.05) is 6.08 Å². The first-order valence-corrected chi connectivity index (χ1v) is 33.9. The van der Waals surface area contributed by atoms with Gasteiger partial charge in [0.25, 0.3) is 0 Å². The van der Waals surface area contributed by atoms with Crippen molar-refractivity contribution in [3.8, 4) is 0 Å². The van der Waals surface area contributed by atoms with E-state index in [-0.39, 0.29) is 18.5 Å². The highest BCUT2D eigenvalue weighted by atomic mass is 16.5. The lowest BCUT2D eigenvalue weighted by atomic mass is 10.0. The first-order valence-electron chi connectivity index (χ1n) is 33.9. The number of rotatable bonds is 63. The van der Waals surface area contributed by atoms with Gasteiger partial charge in [0.15, 0.2) is 0 Å². The smallest absolute Gasteiger partial charge is 0.305 e. The molecule has 0 radical (unpaired) electrons. The average Bonchev–Trinajstić information content (AvgIpc) is 3.42. The lowest BCUT2D eigenvalue weighted by Crippen LogP contribution is -2.45. The molecule has 0 saturated heterocycles. The Hall–Kier alpha value is -2.18. The summed E-state index contributed by atoms with van der Waals surface area (Å²) in [6, 6.07) is -0.634. The largest absolute Gasteiger partial charge is 0.465 e. The molecule has 0 fully saturated rings. The van der Waals surface area contributed by atoms with E-state index in [4.69, 9.17) is 4.74 Å². The van der Waals surface area contributed by atoms with Crippen LogP contribution in [0.25, 0.3) is 0 Å². The lowest BCUT2D eigenvalue weighted by Gasteiger charge is -2.20. The van der Waals surface area contributed by atoms with Gasteiger partial charge < -0.3 is 20.3 Å². The second-order valence-corrected chi connectivity index (χ2v) is 23.1. The first kappa shape index (κ1) is 73.8. The summed E-state index contributed by atoms with van der Waals surface area (Å²) in [6.07, 6.45) is 84.7. The van der Waals surface area contributed by atoms with E-state index >= 15 is 0 Å². The Labute approximate surface area is 474 Å². The van der Waals surface area contributed by atoms with Gasteiger partial charge in [0.05, 0.1) is 25.4 Å². The number of aliphatic hydroxyl groups is 2. The number of nitrogens with one attached hydrogen (secondary N) is 1. The van der Waals surface area contributed by atoms with Crippen molar-refractivity contribution in [1.29, 1.82) is 0 Å². The molecule has 6 nitrogen and oxygen atoms in total. The van der Waals surface area contributed by atoms with Crippen molar-refractivity contribution >= 4 is 11.9 Å². The molecule has 0 saturated carbocycles. The van der Waals surface area contributed by atoms with Crippen LogP contribution in [0.15, 0.2) is 48.6 Å². The van der Waals surface area contributed by atoms with Crippen molar-refractivity contribution in [3.05, 3.63) is 48.6 Å². The Morgan fingerprint density at radius 3 is 1.01 bits per heavy atom. The lowest BCUT2D eigenvalue weighted by molar-refractivity contribution is -0.143. The molecule has 6 heteroatoms. The summed E-state index contributed by atoms with van der Waals surface area (Å²) >= 11 is 0. The Bertz CT molecular complexity index is 1270. The maximum absolute atomic E-state index is 12.5. The second-order valence-electron chi connectivity index (χ2n) is 23.1. The third kappa shape index (κ3) is 61.0. The number of amides is 1. The third-order valence-electron chi connectivity index (χ3n) is 15.6. The Kier molecular flexibility index (Phi) is 63.5. The molecule has 0 spiro atoms. The quantitative estimate of drug-likeness (QED) is 0.0320. The van der Waals surface area contributed by atoms with Crippen molar-refractivity contribution < 1.29 is 24.5 Å². The van der Waals surface area contributed by atoms with E-state index in [9.17, 15) is 19.8 Å². The molecule has 2 unspecified atom stereocenters. The van der Waals surface area contributed by atoms with Gasteiger partial charge in [0.1, 0.15) is 0 Å². The van der Waals surface area contributed by atoms with Crippen LogP contribution in [0, 0.1) is 0 Å². The summed E-state index contributed by atoms with van der Waals surface area (Å²) in [6.45, 7) is 4.82. The van der Waals surface area contributed by atoms with Gasteiger partial charge in [-0.1, -0.05) is 319 Å².